The summed E-state index contributed by atoms with van der Waals surface area (Å²) < 4.78 is 4.86. The molecule has 3 heteroatoms. The molecule has 1 aromatic carbocycles. The SMILES string of the molecule is CCOC(=O)/C=C(\C)Nc1c(C)cccc1C. The molecule has 1 rings (SSSR count). The molecule has 92 valence electrons. The van der Waals surface area contributed by atoms with E-state index >= 15 is 0 Å². The normalized spacial score (nSPS) is 11.2. The van der Waals surface area contributed by atoms with Crippen molar-refractivity contribution in [3.05, 3.63) is 41.1 Å². The molecule has 0 atom stereocenters. The minimum absolute atomic E-state index is 0.316. The summed E-state index contributed by atoms with van der Waals surface area (Å²) in [5, 5.41) is 3.23. The summed E-state index contributed by atoms with van der Waals surface area (Å²) in [7, 11) is 0. The van der Waals surface area contributed by atoms with Gasteiger partial charge in [-0.05, 0) is 38.8 Å². The Bertz CT molecular complexity index is 416. The van der Waals surface area contributed by atoms with Crippen LogP contribution in [0.15, 0.2) is 30.0 Å². The Morgan fingerprint density at radius 3 is 2.47 bits per heavy atom. The highest BCUT2D eigenvalue weighted by atomic mass is 16.5. The van der Waals surface area contributed by atoms with E-state index in [1.54, 1.807) is 6.92 Å². The average molecular weight is 233 g/mol. The van der Waals surface area contributed by atoms with E-state index in [1.807, 2.05) is 39.0 Å². The first-order valence-electron chi connectivity index (χ1n) is 5.73. The minimum atomic E-state index is -0.316. The van der Waals surface area contributed by atoms with Gasteiger partial charge in [0.2, 0.25) is 0 Å². The zero-order valence-corrected chi connectivity index (χ0v) is 10.8. The largest absolute Gasteiger partial charge is 0.463 e. The van der Waals surface area contributed by atoms with Gasteiger partial charge in [0.25, 0.3) is 0 Å². The second-order valence-corrected chi connectivity index (χ2v) is 3.97. The smallest absolute Gasteiger partial charge is 0.332 e. The highest BCUT2D eigenvalue weighted by molar-refractivity contribution is 5.83. The summed E-state index contributed by atoms with van der Waals surface area (Å²) in [6, 6.07) is 6.08. The predicted molar refractivity (Wildman–Crippen MR) is 69.9 cm³/mol. The number of anilines is 1. The van der Waals surface area contributed by atoms with Crippen molar-refractivity contribution in [1.29, 1.82) is 0 Å². The number of benzene rings is 1. The third kappa shape index (κ3) is 3.94. The highest BCUT2D eigenvalue weighted by Crippen LogP contribution is 2.20. The summed E-state index contributed by atoms with van der Waals surface area (Å²) in [4.78, 5) is 11.3. The van der Waals surface area contributed by atoms with Crippen molar-refractivity contribution < 1.29 is 9.53 Å². The average Bonchev–Trinajstić information content (AvgIpc) is 2.24. The molecule has 0 heterocycles. The van der Waals surface area contributed by atoms with Gasteiger partial charge in [0.15, 0.2) is 0 Å². The lowest BCUT2D eigenvalue weighted by Gasteiger charge is -2.12. The van der Waals surface area contributed by atoms with Crippen LogP contribution >= 0.6 is 0 Å². The number of rotatable bonds is 4. The molecule has 1 aromatic rings. The maximum absolute atomic E-state index is 11.3. The Labute approximate surface area is 102 Å². The summed E-state index contributed by atoms with van der Waals surface area (Å²) in [5.74, 6) is -0.316. The fourth-order valence-corrected chi connectivity index (χ4v) is 1.61. The number of para-hydroxylation sites is 1. The topological polar surface area (TPSA) is 38.3 Å². The van der Waals surface area contributed by atoms with Crippen molar-refractivity contribution >= 4 is 11.7 Å². The fourth-order valence-electron chi connectivity index (χ4n) is 1.61. The van der Waals surface area contributed by atoms with E-state index in [9.17, 15) is 4.79 Å². The van der Waals surface area contributed by atoms with E-state index in [0.717, 1.165) is 22.5 Å². The third-order valence-electron chi connectivity index (χ3n) is 2.42. The van der Waals surface area contributed by atoms with Crippen LogP contribution in [-0.4, -0.2) is 12.6 Å². The minimum Gasteiger partial charge on any atom is -0.463 e. The van der Waals surface area contributed by atoms with E-state index in [1.165, 1.54) is 6.08 Å². The lowest BCUT2D eigenvalue weighted by molar-refractivity contribution is -0.137. The monoisotopic (exact) mass is 233 g/mol. The maximum Gasteiger partial charge on any atom is 0.332 e. The number of ether oxygens (including phenoxy) is 1. The van der Waals surface area contributed by atoms with Crippen LogP contribution in [0.25, 0.3) is 0 Å². The zero-order valence-electron chi connectivity index (χ0n) is 10.8. The van der Waals surface area contributed by atoms with Crippen LogP contribution in [0, 0.1) is 13.8 Å². The summed E-state index contributed by atoms with van der Waals surface area (Å²) in [6.07, 6.45) is 1.47. The third-order valence-corrected chi connectivity index (χ3v) is 2.42. The van der Waals surface area contributed by atoms with E-state index in [0.29, 0.717) is 6.61 Å². The molecule has 0 saturated carbocycles. The molecule has 0 bridgehead atoms. The molecule has 0 fully saturated rings. The van der Waals surface area contributed by atoms with Gasteiger partial charge >= 0.3 is 5.97 Å². The molecule has 3 nitrogen and oxygen atoms in total. The molecule has 17 heavy (non-hydrogen) atoms. The van der Waals surface area contributed by atoms with Crippen LogP contribution in [0.1, 0.15) is 25.0 Å². The number of nitrogens with one attached hydrogen (secondary N) is 1. The van der Waals surface area contributed by atoms with Gasteiger partial charge in [-0.25, -0.2) is 4.79 Å². The van der Waals surface area contributed by atoms with Gasteiger partial charge in [0, 0.05) is 17.5 Å². The molecule has 0 unspecified atom stereocenters. The standard InChI is InChI=1S/C14H19NO2/c1-5-17-13(16)9-12(4)15-14-10(2)7-6-8-11(14)3/h6-9,15H,5H2,1-4H3/b12-9+. The van der Waals surface area contributed by atoms with Crippen LogP contribution in [0.3, 0.4) is 0 Å². The van der Waals surface area contributed by atoms with E-state index < -0.39 is 0 Å². The van der Waals surface area contributed by atoms with Gasteiger partial charge in [0.05, 0.1) is 6.61 Å². The van der Waals surface area contributed by atoms with Crippen LogP contribution in [-0.2, 0) is 9.53 Å². The van der Waals surface area contributed by atoms with E-state index in [4.69, 9.17) is 4.74 Å². The van der Waals surface area contributed by atoms with Crippen LogP contribution in [0.2, 0.25) is 0 Å². The number of carbonyl (C=O) groups is 1. The molecule has 0 aliphatic rings. The molecule has 0 amide bonds. The molecular formula is C14H19NO2. The summed E-state index contributed by atoms with van der Waals surface area (Å²) >= 11 is 0. The number of esters is 1. The molecule has 1 N–H and O–H groups in total. The van der Waals surface area contributed by atoms with Crippen molar-refractivity contribution in [3.63, 3.8) is 0 Å². The Balaban J connectivity index is 2.81. The first-order chi connectivity index (χ1) is 8.04. The fraction of sp³-hybridized carbons (Fsp3) is 0.357. The predicted octanol–water partition coefficient (Wildman–Crippen LogP) is 3.18. The second kappa shape index (κ2) is 6.09. The Hall–Kier alpha value is -1.77. The zero-order chi connectivity index (χ0) is 12.8. The van der Waals surface area contributed by atoms with Crippen LogP contribution in [0.5, 0.6) is 0 Å². The molecule has 0 aliphatic heterocycles. The number of hydrogen-bond donors (Lipinski definition) is 1. The molecule has 0 aromatic heterocycles. The molecule has 0 spiro atoms. The van der Waals surface area contributed by atoms with Crippen molar-refractivity contribution in [2.45, 2.75) is 27.7 Å². The molecule has 0 radical (unpaired) electrons. The lowest BCUT2D eigenvalue weighted by atomic mass is 10.1. The van der Waals surface area contributed by atoms with Gasteiger partial charge < -0.3 is 10.1 Å². The van der Waals surface area contributed by atoms with Crippen molar-refractivity contribution in [3.8, 4) is 0 Å². The second-order valence-electron chi connectivity index (χ2n) is 3.97. The summed E-state index contributed by atoms with van der Waals surface area (Å²) in [5.41, 5.74) is 4.13. The highest BCUT2D eigenvalue weighted by Gasteiger charge is 2.03. The Morgan fingerprint density at radius 2 is 1.94 bits per heavy atom. The van der Waals surface area contributed by atoms with Crippen LogP contribution < -0.4 is 5.32 Å². The first kappa shape index (κ1) is 13.3. The first-order valence-corrected chi connectivity index (χ1v) is 5.73. The van der Waals surface area contributed by atoms with Gasteiger partial charge in [-0.15, -0.1) is 0 Å². The number of aryl methyl sites for hydroxylation is 2. The lowest BCUT2D eigenvalue weighted by Crippen LogP contribution is -2.05. The van der Waals surface area contributed by atoms with Gasteiger partial charge in [-0.2, -0.15) is 0 Å². The molecule has 0 aliphatic carbocycles. The van der Waals surface area contributed by atoms with Crippen molar-refractivity contribution in [2.24, 2.45) is 0 Å². The Kier molecular flexibility index (Phi) is 4.76. The van der Waals surface area contributed by atoms with Crippen molar-refractivity contribution in [2.75, 3.05) is 11.9 Å². The van der Waals surface area contributed by atoms with E-state index in [-0.39, 0.29) is 5.97 Å². The number of carbonyl (C=O) groups excluding carboxylic acids is 1. The van der Waals surface area contributed by atoms with Gasteiger partial charge in [-0.3, -0.25) is 0 Å². The van der Waals surface area contributed by atoms with Gasteiger partial charge in [-0.1, -0.05) is 18.2 Å². The van der Waals surface area contributed by atoms with Crippen molar-refractivity contribution in [1.82, 2.24) is 0 Å². The molecular weight excluding hydrogens is 214 g/mol. The number of hydrogen-bond acceptors (Lipinski definition) is 3. The quantitative estimate of drug-likeness (QED) is 0.641. The van der Waals surface area contributed by atoms with Crippen LogP contribution in [0.4, 0.5) is 5.69 Å². The van der Waals surface area contributed by atoms with E-state index in [2.05, 4.69) is 5.32 Å². The number of allylic oxidation sites excluding steroid dienone is 1. The maximum atomic E-state index is 11.3. The summed E-state index contributed by atoms with van der Waals surface area (Å²) in [6.45, 7) is 8.11. The Morgan fingerprint density at radius 1 is 1.35 bits per heavy atom. The molecule has 0 saturated heterocycles. The van der Waals surface area contributed by atoms with Gasteiger partial charge in [0.1, 0.15) is 0 Å².